The van der Waals surface area contributed by atoms with Gasteiger partial charge in [0.2, 0.25) is 5.95 Å². The Morgan fingerprint density at radius 1 is 0.842 bits per heavy atom. The van der Waals surface area contributed by atoms with Gasteiger partial charge < -0.3 is 10.6 Å². The summed E-state index contributed by atoms with van der Waals surface area (Å²) in [4.78, 5) is 8.92. The summed E-state index contributed by atoms with van der Waals surface area (Å²) in [6, 6.07) is 17.9. The second-order valence-corrected chi connectivity index (χ2v) is 4.15. The zero-order valence-electron chi connectivity index (χ0n) is 10.6. The van der Waals surface area contributed by atoms with Gasteiger partial charge in [-0.3, -0.25) is 0 Å². The lowest BCUT2D eigenvalue weighted by Gasteiger charge is -2.10. The zero-order chi connectivity index (χ0) is 13.1. The van der Waals surface area contributed by atoms with Crippen molar-refractivity contribution in [1.82, 2.24) is 9.97 Å². The van der Waals surface area contributed by atoms with Gasteiger partial charge in [-0.05, 0) is 24.3 Å². The van der Waals surface area contributed by atoms with E-state index in [1.165, 1.54) is 0 Å². The highest BCUT2D eigenvalue weighted by atomic mass is 15.1. The molecule has 0 radical (unpaired) electrons. The summed E-state index contributed by atoms with van der Waals surface area (Å²) in [5, 5.41) is 7.32. The van der Waals surface area contributed by atoms with Crippen molar-refractivity contribution in [2.75, 3.05) is 17.7 Å². The highest BCUT2D eigenvalue weighted by molar-refractivity contribution is 5.91. The molecule has 1 aromatic heterocycles. The Balaban J connectivity index is 2.11. The van der Waals surface area contributed by atoms with E-state index in [4.69, 9.17) is 0 Å². The molecule has 0 fully saturated rings. The van der Waals surface area contributed by atoms with Crippen LogP contribution in [0.25, 0.3) is 10.9 Å². The van der Waals surface area contributed by atoms with Gasteiger partial charge in [-0.25, -0.2) is 4.98 Å². The van der Waals surface area contributed by atoms with Crippen molar-refractivity contribution in [3.05, 3.63) is 54.6 Å². The van der Waals surface area contributed by atoms with Gasteiger partial charge in [0.1, 0.15) is 5.82 Å². The minimum Gasteiger partial charge on any atom is -0.357 e. The van der Waals surface area contributed by atoms with Crippen molar-refractivity contribution >= 4 is 28.4 Å². The number of fused-ring (bicyclic) bond motifs is 1. The van der Waals surface area contributed by atoms with Crippen molar-refractivity contribution in [2.45, 2.75) is 0 Å². The van der Waals surface area contributed by atoms with Gasteiger partial charge in [-0.1, -0.05) is 30.3 Å². The molecule has 3 aromatic rings. The van der Waals surface area contributed by atoms with Gasteiger partial charge in [-0.2, -0.15) is 4.98 Å². The monoisotopic (exact) mass is 250 g/mol. The third kappa shape index (κ3) is 2.33. The predicted octanol–water partition coefficient (Wildman–Crippen LogP) is 3.42. The first kappa shape index (κ1) is 11.5. The number of aromatic nitrogens is 2. The van der Waals surface area contributed by atoms with Crippen LogP contribution in [0.15, 0.2) is 54.6 Å². The summed E-state index contributed by atoms with van der Waals surface area (Å²) in [7, 11) is 1.82. The number of anilines is 3. The molecule has 0 atom stereocenters. The molecule has 0 bridgehead atoms. The Bertz CT molecular complexity index is 695. The number of para-hydroxylation sites is 2. The minimum atomic E-state index is 0.608. The minimum absolute atomic E-state index is 0.608. The Morgan fingerprint density at radius 2 is 1.58 bits per heavy atom. The van der Waals surface area contributed by atoms with Gasteiger partial charge >= 0.3 is 0 Å². The number of nitrogens with one attached hydrogen (secondary N) is 2. The molecule has 4 nitrogen and oxygen atoms in total. The number of nitrogens with zero attached hydrogens (tertiary/aromatic N) is 2. The highest BCUT2D eigenvalue weighted by Crippen LogP contribution is 2.24. The van der Waals surface area contributed by atoms with E-state index < -0.39 is 0 Å². The van der Waals surface area contributed by atoms with Crippen molar-refractivity contribution in [3.63, 3.8) is 0 Å². The molecular weight excluding hydrogens is 236 g/mol. The van der Waals surface area contributed by atoms with Crippen molar-refractivity contribution in [2.24, 2.45) is 0 Å². The molecule has 0 saturated carbocycles. The fourth-order valence-corrected chi connectivity index (χ4v) is 1.94. The van der Waals surface area contributed by atoms with Crippen LogP contribution in [0.2, 0.25) is 0 Å². The zero-order valence-corrected chi connectivity index (χ0v) is 10.6. The van der Waals surface area contributed by atoms with Gasteiger partial charge in [-0.15, -0.1) is 0 Å². The molecule has 0 amide bonds. The van der Waals surface area contributed by atoms with Crippen LogP contribution < -0.4 is 10.6 Å². The Kier molecular flexibility index (Phi) is 2.98. The molecular formula is C15H14N4. The third-order valence-corrected chi connectivity index (χ3v) is 2.86. The smallest absolute Gasteiger partial charge is 0.224 e. The molecule has 0 spiro atoms. The fourth-order valence-electron chi connectivity index (χ4n) is 1.94. The molecule has 0 aliphatic carbocycles. The van der Waals surface area contributed by atoms with E-state index in [0.717, 1.165) is 22.4 Å². The quantitative estimate of drug-likeness (QED) is 0.748. The summed E-state index contributed by atoms with van der Waals surface area (Å²) < 4.78 is 0. The maximum Gasteiger partial charge on any atom is 0.224 e. The van der Waals surface area contributed by atoms with Crippen molar-refractivity contribution < 1.29 is 0 Å². The first-order chi connectivity index (χ1) is 9.36. The van der Waals surface area contributed by atoms with E-state index in [1.54, 1.807) is 0 Å². The maximum absolute atomic E-state index is 4.48. The number of hydrogen-bond acceptors (Lipinski definition) is 4. The second-order valence-electron chi connectivity index (χ2n) is 4.15. The number of hydrogen-bond donors (Lipinski definition) is 2. The molecule has 3 rings (SSSR count). The lowest BCUT2D eigenvalue weighted by Crippen LogP contribution is -2.01. The molecule has 0 aliphatic heterocycles. The lowest BCUT2D eigenvalue weighted by molar-refractivity contribution is 1.19. The molecule has 94 valence electrons. The lowest BCUT2D eigenvalue weighted by atomic mass is 10.2. The largest absolute Gasteiger partial charge is 0.357 e. The average Bonchev–Trinajstić information content (AvgIpc) is 2.48. The van der Waals surface area contributed by atoms with Crippen molar-refractivity contribution in [1.29, 1.82) is 0 Å². The summed E-state index contributed by atoms with van der Waals surface area (Å²) in [6.07, 6.45) is 0. The first-order valence-electron chi connectivity index (χ1n) is 6.13. The van der Waals surface area contributed by atoms with Crippen LogP contribution in [0.4, 0.5) is 17.5 Å². The maximum atomic E-state index is 4.48. The normalized spacial score (nSPS) is 10.4. The van der Waals surface area contributed by atoms with Crippen molar-refractivity contribution in [3.8, 4) is 0 Å². The van der Waals surface area contributed by atoms with E-state index in [0.29, 0.717) is 5.95 Å². The van der Waals surface area contributed by atoms with E-state index in [9.17, 15) is 0 Å². The molecule has 1 heterocycles. The van der Waals surface area contributed by atoms with Crippen LogP contribution in [0.3, 0.4) is 0 Å². The molecule has 0 aliphatic rings. The van der Waals surface area contributed by atoms with Crippen LogP contribution >= 0.6 is 0 Å². The van der Waals surface area contributed by atoms with E-state index in [2.05, 4.69) is 20.6 Å². The summed E-state index contributed by atoms with van der Waals surface area (Å²) >= 11 is 0. The molecule has 0 unspecified atom stereocenters. The average molecular weight is 250 g/mol. The molecule has 2 N–H and O–H groups in total. The number of benzene rings is 2. The highest BCUT2D eigenvalue weighted by Gasteiger charge is 2.06. The van der Waals surface area contributed by atoms with Crippen LogP contribution in [-0.2, 0) is 0 Å². The van der Waals surface area contributed by atoms with E-state index in [-0.39, 0.29) is 0 Å². The molecule has 4 heteroatoms. The summed E-state index contributed by atoms with van der Waals surface area (Å²) in [5.74, 6) is 1.42. The second kappa shape index (κ2) is 4.94. The van der Waals surface area contributed by atoms with Gasteiger partial charge in [0, 0.05) is 18.1 Å². The molecule has 0 saturated heterocycles. The van der Waals surface area contributed by atoms with Gasteiger partial charge in [0.05, 0.1) is 5.52 Å². The van der Waals surface area contributed by atoms with Crippen LogP contribution in [0, 0.1) is 0 Å². The summed E-state index contributed by atoms with van der Waals surface area (Å²) in [5.41, 5.74) is 1.92. The topological polar surface area (TPSA) is 49.8 Å². The van der Waals surface area contributed by atoms with Crippen LogP contribution in [-0.4, -0.2) is 17.0 Å². The van der Waals surface area contributed by atoms with Gasteiger partial charge in [0.15, 0.2) is 0 Å². The standard InChI is InChI=1S/C15H14N4/c1-16-15-18-13-10-6-5-9-12(13)14(19-15)17-11-7-3-2-4-8-11/h2-10H,1H3,(H2,16,17,18,19). The SMILES string of the molecule is CNc1nc(Nc2ccccc2)c2ccccc2n1. The first-order valence-corrected chi connectivity index (χ1v) is 6.13. The van der Waals surface area contributed by atoms with Crippen LogP contribution in [0.1, 0.15) is 0 Å². The van der Waals surface area contributed by atoms with Gasteiger partial charge in [0.25, 0.3) is 0 Å². The van der Waals surface area contributed by atoms with Crippen LogP contribution in [0.5, 0.6) is 0 Å². The molecule has 2 aromatic carbocycles. The predicted molar refractivity (Wildman–Crippen MR) is 78.8 cm³/mol. The van der Waals surface area contributed by atoms with E-state index in [1.807, 2.05) is 61.6 Å². The fraction of sp³-hybridized carbons (Fsp3) is 0.0667. The van der Waals surface area contributed by atoms with E-state index >= 15 is 0 Å². The Hall–Kier alpha value is -2.62. The number of rotatable bonds is 3. The molecule has 19 heavy (non-hydrogen) atoms. The summed E-state index contributed by atoms with van der Waals surface area (Å²) in [6.45, 7) is 0. The third-order valence-electron chi connectivity index (χ3n) is 2.86. The Morgan fingerprint density at radius 3 is 2.37 bits per heavy atom. The Labute approximate surface area is 111 Å².